The van der Waals surface area contributed by atoms with Crippen molar-refractivity contribution < 1.29 is 4.74 Å². The normalized spacial score (nSPS) is 20.9. The van der Waals surface area contributed by atoms with Crippen LogP contribution in [0.25, 0.3) is 5.57 Å². The Bertz CT molecular complexity index is 1310. The van der Waals surface area contributed by atoms with Crippen LogP contribution in [-0.2, 0) is 0 Å². The van der Waals surface area contributed by atoms with Crippen LogP contribution in [0.5, 0.6) is 5.75 Å². The van der Waals surface area contributed by atoms with Crippen molar-refractivity contribution in [3.05, 3.63) is 88.7 Å². The number of pyridine rings is 1. The van der Waals surface area contributed by atoms with E-state index < -0.39 is 0 Å². The molecule has 1 aromatic heterocycles. The Morgan fingerprint density at radius 1 is 1.11 bits per heavy atom. The van der Waals surface area contributed by atoms with E-state index in [4.69, 9.17) is 28.6 Å². The summed E-state index contributed by atoms with van der Waals surface area (Å²) in [6.45, 7) is 6.59. The fraction of sp³-hybridized carbons (Fsp3) is 0.286. The van der Waals surface area contributed by atoms with Gasteiger partial charge in [0.15, 0.2) is 5.11 Å². The molecule has 0 aliphatic carbocycles. The van der Waals surface area contributed by atoms with E-state index in [0.717, 1.165) is 28.4 Å². The second-order valence-electron chi connectivity index (χ2n) is 9.63. The highest BCUT2D eigenvalue weighted by Gasteiger charge is 2.42. The van der Waals surface area contributed by atoms with Crippen molar-refractivity contribution in [3.63, 3.8) is 0 Å². The number of halogens is 1. The van der Waals surface area contributed by atoms with Gasteiger partial charge in [-0.2, -0.15) is 0 Å². The standard InChI is InChI=1S/C28H29ClN4OS/c1-17-16-28(2,3)32(4)24-15-22(29)21(14-20(17)24)26-25(23-8-6-7-13-30-23)31-27(35)33(26)18-9-11-19(34-5)12-10-18/h6-16,25-26H,1-5H3,(H,31,35)/t25-,26-/m0/s1. The number of hydrogen-bond donors (Lipinski definition) is 1. The molecule has 7 heteroatoms. The third kappa shape index (κ3) is 4.05. The minimum absolute atomic E-state index is 0.0932. The summed E-state index contributed by atoms with van der Waals surface area (Å²) in [6.07, 6.45) is 4.12. The summed E-state index contributed by atoms with van der Waals surface area (Å²) in [5.41, 5.74) is 6.33. The van der Waals surface area contributed by atoms with Gasteiger partial charge in [-0.15, -0.1) is 0 Å². The van der Waals surface area contributed by atoms with Crippen LogP contribution in [0.1, 0.15) is 49.7 Å². The zero-order chi connectivity index (χ0) is 24.9. The van der Waals surface area contributed by atoms with Gasteiger partial charge < -0.3 is 19.9 Å². The van der Waals surface area contributed by atoms with Crippen LogP contribution in [0, 0.1) is 0 Å². The first-order valence-corrected chi connectivity index (χ1v) is 12.4. The Morgan fingerprint density at radius 2 is 1.86 bits per heavy atom. The van der Waals surface area contributed by atoms with E-state index in [1.54, 1.807) is 7.11 Å². The third-order valence-corrected chi connectivity index (χ3v) is 7.74. The van der Waals surface area contributed by atoms with Gasteiger partial charge in [0.05, 0.1) is 30.4 Å². The Kier molecular flexibility index (Phi) is 5.98. The number of hydrogen-bond acceptors (Lipinski definition) is 4. The lowest BCUT2D eigenvalue weighted by atomic mass is 9.86. The van der Waals surface area contributed by atoms with E-state index >= 15 is 0 Å². The van der Waals surface area contributed by atoms with Crippen molar-refractivity contribution in [2.75, 3.05) is 24.0 Å². The lowest BCUT2D eigenvalue weighted by Gasteiger charge is -2.41. The van der Waals surface area contributed by atoms with Crippen molar-refractivity contribution in [1.29, 1.82) is 0 Å². The fourth-order valence-corrected chi connectivity index (χ4v) is 5.72. The number of fused-ring (bicyclic) bond motifs is 1. The van der Waals surface area contributed by atoms with Gasteiger partial charge in [0.25, 0.3) is 0 Å². The minimum atomic E-state index is -0.184. The Balaban J connectivity index is 1.68. The zero-order valence-corrected chi connectivity index (χ0v) is 22.1. The first kappa shape index (κ1) is 23.6. The molecule has 2 aliphatic heterocycles. The van der Waals surface area contributed by atoms with Crippen LogP contribution in [0.3, 0.4) is 0 Å². The molecule has 0 saturated carbocycles. The molecule has 1 saturated heterocycles. The summed E-state index contributed by atoms with van der Waals surface area (Å²) >= 11 is 12.9. The molecule has 3 aromatic rings. The summed E-state index contributed by atoms with van der Waals surface area (Å²) in [5.74, 6) is 0.794. The predicted octanol–water partition coefficient (Wildman–Crippen LogP) is 6.55. The van der Waals surface area contributed by atoms with E-state index in [-0.39, 0.29) is 17.6 Å². The van der Waals surface area contributed by atoms with Gasteiger partial charge in [0.1, 0.15) is 5.75 Å². The monoisotopic (exact) mass is 504 g/mol. The molecule has 0 radical (unpaired) electrons. The Morgan fingerprint density at radius 3 is 2.51 bits per heavy atom. The van der Waals surface area contributed by atoms with Crippen molar-refractivity contribution >= 4 is 45.9 Å². The third-order valence-electron chi connectivity index (χ3n) is 7.10. The van der Waals surface area contributed by atoms with Crippen LogP contribution < -0.4 is 19.9 Å². The number of aromatic nitrogens is 1. The fourth-order valence-electron chi connectivity index (χ4n) is 5.11. The van der Waals surface area contributed by atoms with Crippen LogP contribution in [-0.4, -0.2) is 29.8 Å². The number of likely N-dealkylation sites (N-methyl/N-ethyl adjacent to an activating group) is 1. The molecule has 1 N–H and O–H groups in total. The molecular weight excluding hydrogens is 476 g/mol. The number of methoxy groups -OCH3 is 1. The second-order valence-corrected chi connectivity index (χ2v) is 10.4. The SMILES string of the molecule is COc1ccc(N2C(=S)N[C@@H](c3ccccn3)[C@@H]2c2cc3c(cc2Cl)N(C)C(C)(C)C=C3C)cc1. The Labute approximate surface area is 217 Å². The van der Waals surface area contributed by atoms with E-state index in [9.17, 15) is 0 Å². The molecule has 2 atom stereocenters. The topological polar surface area (TPSA) is 40.6 Å². The summed E-state index contributed by atoms with van der Waals surface area (Å²) in [4.78, 5) is 9.07. The van der Waals surface area contributed by atoms with Crippen molar-refractivity contribution in [1.82, 2.24) is 10.3 Å². The lowest BCUT2D eigenvalue weighted by Crippen LogP contribution is -2.42. The predicted molar refractivity (Wildman–Crippen MR) is 149 cm³/mol. The van der Waals surface area contributed by atoms with Crippen LogP contribution in [0.15, 0.2) is 66.9 Å². The number of anilines is 2. The van der Waals surface area contributed by atoms with E-state index in [2.05, 4.69) is 66.1 Å². The molecule has 1 fully saturated rings. The molecule has 3 heterocycles. The maximum Gasteiger partial charge on any atom is 0.174 e. The second kappa shape index (κ2) is 8.85. The number of ether oxygens (including phenoxy) is 1. The number of rotatable bonds is 4. The smallest absolute Gasteiger partial charge is 0.174 e. The molecule has 0 unspecified atom stereocenters. The maximum atomic E-state index is 7.06. The van der Waals surface area contributed by atoms with Gasteiger partial charge in [-0.3, -0.25) is 4.98 Å². The average Bonchev–Trinajstić information content (AvgIpc) is 3.19. The largest absolute Gasteiger partial charge is 0.497 e. The molecule has 0 spiro atoms. The molecule has 0 amide bonds. The molecule has 2 aromatic carbocycles. The van der Waals surface area contributed by atoms with Crippen LogP contribution >= 0.6 is 23.8 Å². The first-order chi connectivity index (χ1) is 16.7. The highest BCUT2D eigenvalue weighted by molar-refractivity contribution is 7.80. The molecule has 180 valence electrons. The zero-order valence-electron chi connectivity index (χ0n) is 20.5. The van der Waals surface area contributed by atoms with Gasteiger partial charge in [-0.25, -0.2) is 0 Å². The van der Waals surface area contributed by atoms with Gasteiger partial charge in [0.2, 0.25) is 0 Å². The number of thiocarbonyl (C=S) groups is 1. The highest BCUT2D eigenvalue weighted by Crippen LogP contribution is 2.48. The molecule has 5 nitrogen and oxygen atoms in total. The molecule has 2 aliphatic rings. The number of nitrogens with one attached hydrogen (secondary N) is 1. The molecular formula is C28H29ClN4OS. The summed E-state index contributed by atoms with van der Waals surface area (Å²) in [7, 11) is 3.78. The Hall–Kier alpha value is -3.09. The van der Waals surface area contributed by atoms with Gasteiger partial charge in [-0.1, -0.05) is 23.7 Å². The van der Waals surface area contributed by atoms with E-state index in [0.29, 0.717) is 10.1 Å². The van der Waals surface area contributed by atoms with Crippen LogP contribution in [0.4, 0.5) is 11.4 Å². The molecule has 35 heavy (non-hydrogen) atoms. The molecule has 5 rings (SSSR count). The first-order valence-electron chi connectivity index (χ1n) is 11.6. The summed E-state index contributed by atoms with van der Waals surface area (Å²) < 4.78 is 5.37. The van der Waals surface area contributed by atoms with E-state index in [1.165, 1.54) is 11.1 Å². The van der Waals surface area contributed by atoms with Crippen LogP contribution in [0.2, 0.25) is 5.02 Å². The number of nitrogens with zero attached hydrogens (tertiary/aromatic N) is 3. The minimum Gasteiger partial charge on any atom is -0.497 e. The van der Waals surface area contributed by atoms with E-state index in [1.807, 2.05) is 48.7 Å². The summed E-state index contributed by atoms with van der Waals surface area (Å²) in [6, 6.07) is 17.9. The number of benzene rings is 2. The van der Waals surface area contributed by atoms with Gasteiger partial charge in [0, 0.05) is 35.2 Å². The van der Waals surface area contributed by atoms with Gasteiger partial charge in [-0.05, 0) is 92.7 Å². The number of allylic oxidation sites excluding steroid dienone is 1. The lowest BCUT2D eigenvalue weighted by molar-refractivity contribution is 0.415. The van der Waals surface area contributed by atoms with Crippen molar-refractivity contribution in [2.24, 2.45) is 0 Å². The molecule has 0 bridgehead atoms. The average molecular weight is 505 g/mol. The maximum absolute atomic E-state index is 7.06. The van der Waals surface area contributed by atoms with Crippen molar-refractivity contribution in [2.45, 2.75) is 38.4 Å². The highest BCUT2D eigenvalue weighted by atomic mass is 35.5. The van der Waals surface area contributed by atoms with Crippen molar-refractivity contribution in [3.8, 4) is 5.75 Å². The summed E-state index contributed by atoms with van der Waals surface area (Å²) in [5, 5.41) is 4.86. The quantitative estimate of drug-likeness (QED) is 0.406. The van der Waals surface area contributed by atoms with Gasteiger partial charge >= 0.3 is 0 Å².